The number of carbonyl (C=O) groups is 1. The minimum atomic E-state index is -0.128. The van der Waals surface area contributed by atoms with Gasteiger partial charge >= 0.3 is 0 Å². The van der Waals surface area contributed by atoms with Gasteiger partial charge < -0.3 is 14.4 Å². The van der Waals surface area contributed by atoms with Gasteiger partial charge in [-0.25, -0.2) is 0 Å². The quantitative estimate of drug-likeness (QED) is 0.663. The lowest BCUT2D eigenvalue weighted by Gasteiger charge is -2.32. The number of methoxy groups -OCH3 is 1. The third kappa shape index (κ3) is 4.21. The molecule has 3 aromatic rings. The number of nitrogens with zero attached hydrogens (tertiary/aromatic N) is 5. The van der Waals surface area contributed by atoms with E-state index in [-0.39, 0.29) is 12.0 Å². The van der Waals surface area contributed by atoms with Gasteiger partial charge in [-0.15, -0.1) is 10.2 Å². The Balaban J connectivity index is 1.45. The van der Waals surface area contributed by atoms with E-state index in [1.54, 1.807) is 23.9 Å². The Labute approximate surface area is 169 Å². The van der Waals surface area contributed by atoms with Crippen molar-refractivity contribution in [1.82, 2.24) is 24.9 Å². The zero-order valence-electron chi connectivity index (χ0n) is 16.5. The average Bonchev–Trinajstić information content (AvgIpc) is 3.16. The molecule has 0 saturated carbocycles. The van der Waals surface area contributed by atoms with Gasteiger partial charge in [0.05, 0.1) is 19.3 Å². The van der Waals surface area contributed by atoms with Crippen LogP contribution in [-0.2, 0) is 7.05 Å². The number of carbonyl (C=O) groups excluding carboxylic acids is 1. The predicted molar refractivity (Wildman–Crippen MR) is 107 cm³/mol. The second kappa shape index (κ2) is 8.30. The summed E-state index contributed by atoms with van der Waals surface area (Å²) in [7, 11) is 3.33. The fourth-order valence-electron chi connectivity index (χ4n) is 3.45. The minimum absolute atomic E-state index is 0.0451. The van der Waals surface area contributed by atoms with Crippen molar-refractivity contribution < 1.29 is 14.3 Å². The van der Waals surface area contributed by atoms with Crippen molar-refractivity contribution in [1.29, 1.82) is 0 Å². The number of piperidine rings is 1. The maximum atomic E-state index is 13.1. The van der Waals surface area contributed by atoms with E-state index in [0.29, 0.717) is 30.5 Å². The maximum Gasteiger partial charge on any atom is 0.272 e. The number of aromatic nitrogens is 4. The number of likely N-dealkylation sites (tertiary alicyclic amines) is 1. The van der Waals surface area contributed by atoms with Crippen LogP contribution in [0.15, 0.2) is 48.5 Å². The summed E-state index contributed by atoms with van der Waals surface area (Å²) >= 11 is 0. The van der Waals surface area contributed by atoms with Gasteiger partial charge in [0.2, 0.25) is 11.8 Å². The number of hydrogen-bond donors (Lipinski definition) is 0. The molecule has 0 bridgehead atoms. The molecule has 0 aliphatic carbocycles. The van der Waals surface area contributed by atoms with Gasteiger partial charge in [0.15, 0.2) is 0 Å². The molecular weight excluding hydrogens is 370 g/mol. The van der Waals surface area contributed by atoms with Crippen LogP contribution in [0.25, 0.3) is 11.3 Å². The molecule has 1 amide bonds. The van der Waals surface area contributed by atoms with Crippen molar-refractivity contribution in [3.8, 4) is 23.0 Å². The highest BCUT2D eigenvalue weighted by Gasteiger charge is 2.28. The Kier molecular flexibility index (Phi) is 5.41. The normalized spacial score (nSPS) is 16.5. The van der Waals surface area contributed by atoms with Crippen molar-refractivity contribution in [2.24, 2.45) is 7.05 Å². The topological polar surface area (TPSA) is 82.4 Å². The molecule has 0 N–H and O–H groups in total. The molecule has 8 heteroatoms. The Morgan fingerprint density at radius 3 is 2.59 bits per heavy atom. The molecule has 29 heavy (non-hydrogen) atoms. The van der Waals surface area contributed by atoms with Crippen molar-refractivity contribution in [3.63, 3.8) is 0 Å². The molecule has 1 aliphatic heterocycles. The molecule has 1 aromatic carbocycles. The second-order valence-corrected chi connectivity index (χ2v) is 6.95. The van der Waals surface area contributed by atoms with Gasteiger partial charge in [-0.1, -0.05) is 30.3 Å². The van der Waals surface area contributed by atoms with E-state index < -0.39 is 0 Å². The standard InChI is InChI=1S/C21H23N5O3/c1-25-18(13-17(24-25)15-7-4-3-5-8-15)21(27)26-12-6-9-16(14-26)29-20-11-10-19(28-2)22-23-20/h3-5,7-8,10-11,13,16H,6,9,12,14H2,1-2H3. The molecule has 2 aromatic heterocycles. The number of aryl methyl sites for hydroxylation is 1. The molecule has 3 heterocycles. The highest BCUT2D eigenvalue weighted by molar-refractivity contribution is 5.93. The Hall–Kier alpha value is -3.42. The van der Waals surface area contributed by atoms with Crippen LogP contribution in [0.1, 0.15) is 23.3 Å². The first-order valence-corrected chi connectivity index (χ1v) is 9.57. The summed E-state index contributed by atoms with van der Waals surface area (Å²) < 4.78 is 12.6. The average molecular weight is 393 g/mol. The largest absolute Gasteiger partial charge is 0.480 e. The molecule has 1 saturated heterocycles. The van der Waals surface area contributed by atoms with Gasteiger partial charge in [0, 0.05) is 31.3 Å². The number of rotatable bonds is 5. The summed E-state index contributed by atoms with van der Waals surface area (Å²) in [5.74, 6) is 0.816. The molecule has 8 nitrogen and oxygen atoms in total. The van der Waals surface area contributed by atoms with Gasteiger partial charge in [-0.05, 0) is 18.9 Å². The third-order valence-corrected chi connectivity index (χ3v) is 4.95. The van der Waals surface area contributed by atoms with E-state index in [1.165, 1.54) is 7.11 Å². The van der Waals surface area contributed by atoms with Crippen LogP contribution < -0.4 is 9.47 Å². The molecule has 1 unspecified atom stereocenters. The first kappa shape index (κ1) is 18.9. The first-order valence-electron chi connectivity index (χ1n) is 9.57. The van der Waals surface area contributed by atoms with Crippen LogP contribution in [0.2, 0.25) is 0 Å². The van der Waals surface area contributed by atoms with Gasteiger partial charge in [-0.2, -0.15) is 5.10 Å². The molecule has 150 valence electrons. The number of ether oxygens (including phenoxy) is 2. The van der Waals surface area contributed by atoms with E-state index in [1.807, 2.05) is 41.3 Å². The fraction of sp³-hybridized carbons (Fsp3) is 0.333. The summed E-state index contributed by atoms with van der Waals surface area (Å²) in [6.45, 7) is 1.19. The van der Waals surface area contributed by atoms with Crippen molar-refractivity contribution in [2.75, 3.05) is 20.2 Å². The van der Waals surface area contributed by atoms with Gasteiger partial charge in [0.1, 0.15) is 11.8 Å². The first-order chi connectivity index (χ1) is 14.1. The van der Waals surface area contributed by atoms with E-state index in [0.717, 1.165) is 24.1 Å². The lowest BCUT2D eigenvalue weighted by molar-refractivity contribution is 0.0515. The summed E-state index contributed by atoms with van der Waals surface area (Å²) in [6.07, 6.45) is 1.60. The SMILES string of the molecule is COc1ccc(OC2CCCN(C(=O)c3cc(-c4ccccc4)nn3C)C2)nn1. The zero-order valence-corrected chi connectivity index (χ0v) is 16.5. The minimum Gasteiger partial charge on any atom is -0.480 e. The molecule has 4 rings (SSSR count). The highest BCUT2D eigenvalue weighted by Crippen LogP contribution is 2.22. The van der Waals surface area contributed by atoms with Crippen molar-refractivity contribution >= 4 is 5.91 Å². The van der Waals surface area contributed by atoms with E-state index in [9.17, 15) is 4.79 Å². The lowest BCUT2D eigenvalue weighted by atomic mass is 10.1. The Morgan fingerprint density at radius 1 is 1.10 bits per heavy atom. The van der Waals surface area contributed by atoms with Crippen LogP contribution in [0.3, 0.4) is 0 Å². The monoisotopic (exact) mass is 393 g/mol. The van der Waals surface area contributed by atoms with Crippen molar-refractivity contribution in [3.05, 3.63) is 54.2 Å². The number of benzene rings is 1. The van der Waals surface area contributed by atoms with Crippen LogP contribution in [-0.4, -0.2) is 57.1 Å². The predicted octanol–water partition coefficient (Wildman–Crippen LogP) is 2.57. The molecule has 1 atom stereocenters. The molecule has 0 spiro atoms. The van der Waals surface area contributed by atoms with E-state index in [2.05, 4.69) is 15.3 Å². The number of hydrogen-bond acceptors (Lipinski definition) is 6. The third-order valence-electron chi connectivity index (χ3n) is 4.95. The fourth-order valence-corrected chi connectivity index (χ4v) is 3.45. The number of amides is 1. The molecule has 0 radical (unpaired) electrons. The van der Waals surface area contributed by atoms with Gasteiger partial charge in [0.25, 0.3) is 5.91 Å². The van der Waals surface area contributed by atoms with Crippen molar-refractivity contribution in [2.45, 2.75) is 18.9 Å². The Morgan fingerprint density at radius 2 is 1.86 bits per heavy atom. The second-order valence-electron chi connectivity index (χ2n) is 6.95. The smallest absolute Gasteiger partial charge is 0.272 e. The van der Waals surface area contributed by atoms with Crippen LogP contribution >= 0.6 is 0 Å². The van der Waals surface area contributed by atoms with Crippen LogP contribution in [0, 0.1) is 0 Å². The summed E-state index contributed by atoms with van der Waals surface area (Å²) in [5.41, 5.74) is 2.34. The summed E-state index contributed by atoms with van der Waals surface area (Å²) in [5, 5.41) is 12.4. The Bertz CT molecular complexity index is 972. The van der Waals surface area contributed by atoms with Crippen LogP contribution in [0.5, 0.6) is 11.8 Å². The summed E-state index contributed by atoms with van der Waals surface area (Å²) in [6, 6.07) is 15.1. The zero-order chi connectivity index (χ0) is 20.2. The lowest BCUT2D eigenvalue weighted by Crippen LogP contribution is -2.45. The molecule has 1 aliphatic rings. The maximum absolute atomic E-state index is 13.1. The highest BCUT2D eigenvalue weighted by atomic mass is 16.5. The molecule has 1 fully saturated rings. The summed E-state index contributed by atoms with van der Waals surface area (Å²) in [4.78, 5) is 14.9. The van der Waals surface area contributed by atoms with Gasteiger partial charge in [-0.3, -0.25) is 9.48 Å². The molecular formula is C21H23N5O3. The van der Waals surface area contributed by atoms with Crippen LogP contribution in [0.4, 0.5) is 0 Å². The van der Waals surface area contributed by atoms with E-state index >= 15 is 0 Å². The van der Waals surface area contributed by atoms with E-state index in [4.69, 9.17) is 9.47 Å².